The molecule has 0 unspecified atom stereocenters. The molecule has 3 aromatic rings. The first-order valence-electron chi connectivity index (χ1n) is 7.35. The molecule has 0 atom stereocenters. The number of nitrogens with zero attached hydrogens (tertiary/aromatic N) is 3. The smallest absolute Gasteiger partial charge is 0.255 e. The van der Waals surface area contributed by atoms with Crippen molar-refractivity contribution in [2.45, 2.75) is 24.3 Å². The van der Waals surface area contributed by atoms with Crippen molar-refractivity contribution in [3.63, 3.8) is 0 Å². The molecule has 3 rings (SSSR count). The lowest BCUT2D eigenvalue weighted by molar-refractivity contribution is 0.844. The molecule has 0 fully saturated rings. The Balaban J connectivity index is 1.69. The molecule has 0 amide bonds. The van der Waals surface area contributed by atoms with Crippen LogP contribution in [0, 0.1) is 6.92 Å². The van der Waals surface area contributed by atoms with Gasteiger partial charge in [0.2, 0.25) is 0 Å². The topological polar surface area (TPSA) is 63.6 Å². The van der Waals surface area contributed by atoms with Crippen LogP contribution in [0.4, 0.5) is 0 Å². The Bertz CT molecular complexity index is 855. The van der Waals surface area contributed by atoms with Gasteiger partial charge in [-0.15, -0.1) is 0 Å². The summed E-state index contributed by atoms with van der Waals surface area (Å²) in [5, 5.41) is 0.618. The summed E-state index contributed by atoms with van der Waals surface area (Å²) in [6.45, 7) is 1.96. The van der Waals surface area contributed by atoms with Crippen LogP contribution in [-0.2, 0) is 19.2 Å². The van der Waals surface area contributed by atoms with Crippen molar-refractivity contribution >= 4 is 11.8 Å². The maximum Gasteiger partial charge on any atom is 0.255 e. The highest BCUT2D eigenvalue weighted by molar-refractivity contribution is 7.98. The summed E-state index contributed by atoms with van der Waals surface area (Å²) in [7, 11) is 1.97. The minimum absolute atomic E-state index is 0.0811. The number of imidazole rings is 1. The molecule has 0 saturated heterocycles. The number of hydrogen-bond donors (Lipinski definition) is 1. The molecule has 118 valence electrons. The van der Waals surface area contributed by atoms with E-state index in [-0.39, 0.29) is 5.56 Å². The molecule has 0 aliphatic rings. The van der Waals surface area contributed by atoms with Gasteiger partial charge in [-0.1, -0.05) is 42.1 Å². The monoisotopic (exact) mass is 326 g/mol. The summed E-state index contributed by atoms with van der Waals surface area (Å²) in [5.74, 6) is 1.63. The summed E-state index contributed by atoms with van der Waals surface area (Å²) >= 11 is 1.48. The highest BCUT2D eigenvalue weighted by atomic mass is 32.2. The normalized spacial score (nSPS) is 10.9. The van der Waals surface area contributed by atoms with E-state index in [1.54, 1.807) is 6.20 Å². The number of benzene rings is 1. The van der Waals surface area contributed by atoms with Crippen molar-refractivity contribution < 1.29 is 0 Å². The molecule has 0 radical (unpaired) electrons. The average molecular weight is 326 g/mol. The first-order chi connectivity index (χ1) is 11.1. The third kappa shape index (κ3) is 3.90. The minimum Gasteiger partial charge on any atom is -0.337 e. The second-order valence-electron chi connectivity index (χ2n) is 5.40. The van der Waals surface area contributed by atoms with Crippen molar-refractivity contribution in [1.29, 1.82) is 0 Å². The van der Waals surface area contributed by atoms with Gasteiger partial charge in [-0.25, -0.2) is 9.97 Å². The summed E-state index contributed by atoms with van der Waals surface area (Å²) in [5.41, 5.74) is 2.68. The van der Waals surface area contributed by atoms with Crippen LogP contribution in [0.3, 0.4) is 0 Å². The number of aromatic amines is 1. The van der Waals surface area contributed by atoms with Gasteiger partial charge in [-0.3, -0.25) is 4.79 Å². The van der Waals surface area contributed by atoms with E-state index in [4.69, 9.17) is 0 Å². The predicted octanol–water partition coefficient (Wildman–Crippen LogP) is 2.69. The van der Waals surface area contributed by atoms with Crippen LogP contribution in [0.2, 0.25) is 0 Å². The fraction of sp³-hybridized carbons (Fsp3) is 0.235. The molecule has 0 bridgehead atoms. The molecule has 0 spiro atoms. The van der Waals surface area contributed by atoms with Gasteiger partial charge in [0, 0.05) is 31.4 Å². The molecular formula is C17H18N4OS. The number of H-pyrrole nitrogens is 1. The highest BCUT2D eigenvalue weighted by Gasteiger charge is 2.07. The number of thioether (sulfide) groups is 1. The van der Waals surface area contributed by atoms with Gasteiger partial charge in [0.25, 0.3) is 5.56 Å². The second-order valence-corrected chi connectivity index (χ2v) is 6.37. The van der Waals surface area contributed by atoms with Crippen LogP contribution in [0.15, 0.2) is 52.7 Å². The zero-order valence-electron chi connectivity index (χ0n) is 13.1. The molecule has 5 nitrogen and oxygen atoms in total. The Labute approximate surface area is 138 Å². The number of nitrogens with one attached hydrogen (secondary N) is 1. The van der Waals surface area contributed by atoms with E-state index in [9.17, 15) is 4.79 Å². The van der Waals surface area contributed by atoms with E-state index in [1.807, 2.05) is 55.1 Å². The van der Waals surface area contributed by atoms with E-state index in [0.29, 0.717) is 22.9 Å². The lowest BCUT2D eigenvalue weighted by Gasteiger charge is -2.04. The maximum atomic E-state index is 12.2. The van der Waals surface area contributed by atoms with Gasteiger partial charge < -0.3 is 9.55 Å². The van der Waals surface area contributed by atoms with Crippen LogP contribution in [0.5, 0.6) is 0 Å². The minimum atomic E-state index is -0.0811. The lowest BCUT2D eigenvalue weighted by atomic mass is 10.1. The van der Waals surface area contributed by atoms with E-state index < -0.39 is 0 Å². The molecule has 23 heavy (non-hydrogen) atoms. The predicted molar refractivity (Wildman–Crippen MR) is 91.6 cm³/mol. The van der Waals surface area contributed by atoms with E-state index in [0.717, 1.165) is 17.1 Å². The average Bonchev–Trinajstić information content (AvgIpc) is 2.86. The standard InChI is InChI=1S/C17H18N4OS/c1-12-10-21(2)15(19-12)11-23-17-18-9-14(16(22)20-17)8-13-6-4-3-5-7-13/h3-7,9-10H,8,11H2,1-2H3,(H,18,20,22). The Morgan fingerprint density at radius 3 is 2.70 bits per heavy atom. The highest BCUT2D eigenvalue weighted by Crippen LogP contribution is 2.17. The number of aryl methyl sites for hydroxylation is 2. The summed E-state index contributed by atoms with van der Waals surface area (Å²) < 4.78 is 1.99. The molecular weight excluding hydrogens is 308 g/mol. The molecule has 6 heteroatoms. The number of aromatic nitrogens is 4. The van der Waals surface area contributed by atoms with Gasteiger partial charge in [0.15, 0.2) is 5.16 Å². The summed E-state index contributed by atoms with van der Waals surface area (Å²) in [4.78, 5) is 23.8. The SMILES string of the molecule is Cc1cn(C)c(CSc2ncc(Cc3ccccc3)c(=O)[nH]2)n1. The van der Waals surface area contributed by atoms with Crippen molar-refractivity contribution in [3.8, 4) is 0 Å². The first kappa shape index (κ1) is 15.6. The van der Waals surface area contributed by atoms with Crippen molar-refractivity contribution in [3.05, 3.63) is 75.7 Å². The third-order valence-electron chi connectivity index (χ3n) is 3.52. The molecule has 1 N–H and O–H groups in total. The maximum absolute atomic E-state index is 12.2. The van der Waals surface area contributed by atoms with Crippen LogP contribution < -0.4 is 5.56 Å². The fourth-order valence-electron chi connectivity index (χ4n) is 2.35. The van der Waals surface area contributed by atoms with Gasteiger partial charge in [-0.05, 0) is 12.5 Å². The van der Waals surface area contributed by atoms with Crippen molar-refractivity contribution in [1.82, 2.24) is 19.5 Å². The van der Waals surface area contributed by atoms with Gasteiger partial charge in [0.05, 0.1) is 11.4 Å². The van der Waals surface area contributed by atoms with Gasteiger partial charge in [-0.2, -0.15) is 0 Å². The zero-order chi connectivity index (χ0) is 16.2. The second kappa shape index (κ2) is 6.83. The van der Waals surface area contributed by atoms with Crippen LogP contribution in [-0.4, -0.2) is 19.5 Å². The van der Waals surface area contributed by atoms with Crippen LogP contribution in [0.1, 0.15) is 22.6 Å². The Hall–Kier alpha value is -2.34. The molecule has 0 aliphatic heterocycles. The Kier molecular flexibility index (Phi) is 4.62. The largest absolute Gasteiger partial charge is 0.337 e. The van der Waals surface area contributed by atoms with Crippen LogP contribution >= 0.6 is 11.8 Å². The molecule has 1 aromatic carbocycles. The van der Waals surface area contributed by atoms with Crippen molar-refractivity contribution in [2.24, 2.45) is 7.05 Å². The third-order valence-corrected chi connectivity index (χ3v) is 4.40. The van der Waals surface area contributed by atoms with E-state index in [1.165, 1.54) is 11.8 Å². The molecule has 2 aromatic heterocycles. The molecule has 2 heterocycles. The van der Waals surface area contributed by atoms with Crippen LogP contribution in [0.25, 0.3) is 0 Å². The number of hydrogen-bond acceptors (Lipinski definition) is 4. The van der Waals surface area contributed by atoms with Gasteiger partial charge in [0.1, 0.15) is 5.82 Å². The zero-order valence-corrected chi connectivity index (χ0v) is 13.9. The summed E-state index contributed by atoms with van der Waals surface area (Å²) in [6, 6.07) is 9.91. The Morgan fingerprint density at radius 2 is 2.04 bits per heavy atom. The summed E-state index contributed by atoms with van der Waals surface area (Å²) in [6.07, 6.45) is 4.24. The molecule has 0 aliphatic carbocycles. The first-order valence-corrected chi connectivity index (χ1v) is 8.34. The van der Waals surface area contributed by atoms with E-state index >= 15 is 0 Å². The van der Waals surface area contributed by atoms with Gasteiger partial charge >= 0.3 is 0 Å². The lowest BCUT2D eigenvalue weighted by Crippen LogP contribution is -2.14. The molecule has 0 saturated carbocycles. The van der Waals surface area contributed by atoms with E-state index in [2.05, 4.69) is 15.0 Å². The van der Waals surface area contributed by atoms with Crippen molar-refractivity contribution in [2.75, 3.05) is 0 Å². The number of rotatable bonds is 5. The quantitative estimate of drug-likeness (QED) is 0.578. The fourth-order valence-corrected chi connectivity index (χ4v) is 3.18. The Morgan fingerprint density at radius 1 is 1.26 bits per heavy atom.